The smallest absolute Gasteiger partial charge is 0.237 e. The SMILES string of the molecule is Fc1nc(I)ccc1N1CCNCC1. The van der Waals surface area contributed by atoms with E-state index in [4.69, 9.17) is 0 Å². The molecule has 1 aromatic heterocycles. The molecule has 0 spiro atoms. The second-order valence-electron chi connectivity index (χ2n) is 3.18. The van der Waals surface area contributed by atoms with E-state index >= 15 is 0 Å². The predicted octanol–water partition coefficient (Wildman–Crippen LogP) is 1.23. The fraction of sp³-hybridized carbons (Fsp3) is 0.444. The van der Waals surface area contributed by atoms with Crippen molar-refractivity contribution in [2.45, 2.75) is 0 Å². The van der Waals surface area contributed by atoms with Crippen molar-refractivity contribution < 1.29 is 4.39 Å². The molecule has 3 nitrogen and oxygen atoms in total. The Bertz CT molecular complexity index is 326. The van der Waals surface area contributed by atoms with Gasteiger partial charge in [0, 0.05) is 26.2 Å². The highest BCUT2D eigenvalue weighted by Crippen LogP contribution is 2.18. The minimum absolute atomic E-state index is 0.362. The van der Waals surface area contributed by atoms with Crippen molar-refractivity contribution in [1.29, 1.82) is 0 Å². The van der Waals surface area contributed by atoms with Crippen LogP contribution in [-0.2, 0) is 0 Å². The van der Waals surface area contributed by atoms with Crippen LogP contribution in [0.1, 0.15) is 0 Å². The van der Waals surface area contributed by atoms with E-state index in [9.17, 15) is 4.39 Å². The predicted molar refractivity (Wildman–Crippen MR) is 62.0 cm³/mol. The van der Waals surface area contributed by atoms with Gasteiger partial charge >= 0.3 is 0 Å². The number of halogens is 2. The van der Waals surface area contributed by atoms with Gasteiger partial charge in [-0.1, -0.05) is 0 Å². The molecule has 1 aliphatic heterocycles. The minimum Gasteiger partial charge on any atom is -0.365 e. The standard InChI is InChI=1S/C9H11FIN3/c10-9-7(1-2-8(11)13-9)14-5-3-12-4-6-14/h1-2,12H,3-6H2. The molecular formula is C9H11FIN3. The van der Waals surface area contributed by atoms with Gasteiger partial charge in [0.15, 0.2) is 0 Å². The summed E-state index contributed by atoms with van der Waals surface area (Å²) in [5.41, 5.74) is 0.618. The highest BCUT2D eigenvalue weighted by molar-refractivity contribution is 14.1. The van der Waals surface area contributed by atoms with Crippen LogP contribution in [0, 0.1) is 9.65 Å². The van der Waals surface area contributed by atoms with E-state index < -0.39 is 0 Å². The zero-order valence-electron chi connectivity index (χ0n) is 7.63. The van der Waals surface area contributed by atoms with Gasteiger partial charge in [0.25, 0.3) is 0 Å². The average molecular weight is 307 g/mol. The molecule has 1 fully saturated rings. The van der Waals surface area contributed by atoms with Crippen LogP contribution in [0.15, 0.2) is 12.1 Å². The Morgan fingerprint density at radius 1 is 1.36 bits per heavy atom. The van der Waals surface area contributed by atoms with Crippen LogP contribution in [0.25, 0.3) is 0 Å². The highest BCUT2D eigenvalue weighted by atomic mass is 127. The first-order valence-electron chi connectivity index (χ1n) is 4.55. The van der Waals surface area contributed by atoms with Gasteiger partial charge in [-0.25, -0.2) is 4.98 Å². The first-order chi connectivity index (χ1) is 6.77. The number of hydrogen-bond donors (Lipinski definition) is 1. The number of piperazine rings is 1. The molecule has 76 valence electrons. The third-order valence-corrected chi connectivity index (χ3v) is 2.85. The van der Waals surface area contributed by atoms with E-state index in [1.54, 1.807) is 6.07 Å². The Labute approximate surface area is 95.8 Å². The van der Waals surface area contributed by atoms with Gasteiger partial charge in [-0.15, -0.1) is 0 Å². The summed E-state index contributed by atoms with van der Waals surface area (Å²) in [4.78, 5) is 5.83. The molecule has 0 unspecified atom stereocenters. The maximum absolute atomic E-state index is 13.5. The Morgan fingerprint density at radius 2 is 2.07 bits per heavy atom. The summed E-state index contributed by atoms with van der Waals surface area (Å²) >= 11 is 2.01. The summed E-state index contributed by atoms with van der Waals surface area (Å²) < 4.78 is 14.2. The molecule has 1 aromatic rings. The van der Waals surface area contributed by atoms with Gasteiger partial charge < -0.3 is 10.2 Å². The maximum Gasteiger partial charge on any atom is 0.237 e. The number of nitrogens with one attached hydrogen (secondary N) is 1. The zero-order chi connectivity index (χ0) is 9.97. The van der Waals surface area contributed by atoms with Crippen molar-refractivity contribution in [3.63, 3.8) is 0 Å². The first-order valence-corrected chi connectivity index (χ1v) is 5.63. The maximum atomic E-state index is 13.5. The molecular weight excluding hydrogens is 296 g/mol. The van der Waals surface area contributed by atoms with E-state index in [1.165, 1.54) is 0 Å². The summed E-state index contributed by atoms with van der Waals surface area (Å²) in [7, 11) is 0. The van der Waals surface area contributed by atoms with Crippen LogP contribution in [-0.4, -0.2) is 31.2 Å². The fourth-order valence-electron chi connectivity index (χ4n) is 1.55. The van der Waals surface area contributed by atoms with Gasteiger partial charge in [0.1, 0.15) is 3.70 Å². The van der Waals surface area contributed by atoms with E-state index in [2.05, 4.69) is 10.3 Å². The van der Waals surface area contributed by atoms with Gasteiger partial charge in [-0.3, -0.25) is 0 Å². The van der Waals surface area contributed by atoms with E-state index in [1.807, 2.05) is 33.6 Å². The Kier molecular flexibility index (Phi) is 3.17. The number of nitrogens with zero attached hydrogens (tertiary/aromatic N) is 2. The minimum atomic E-state index is -0.362. The van der Waals surface area contributed by atoms with Crippen molar-refractivity contribution in [3.8, 4) is 0 Å². The van der Waals surface area contributed by atoms with Crippen LogP contribution in [0.2, 0.25) is 0 Å². The molecule has 2 rings (SSSR count). The molecule has 0 atom stereocenters. The summed E-state index contributed by atoms with van der Waals surface area (Å²) in [6.07, 6.45) is 0. The number of aromatic nitrogens is 1. The first kappa shape index (κ1) is 10.1. The third-order valence-electron chi connectivity index (χ3n) is 2.25. The molecule has 1 N–H and O–H groups in total. The lowest BCUT2D eigenvalue weighted by molar-refractivity contribution is 0.546. The van der Waals surface area contributed by atoms with Gasteiger partial charge in [0.2, 0.25) is 5.95 Å². The van der Waals surface area contributed by atoms with E-state index in [-0.39, 0.29) is 5.95 Å². The Hall–Kier alpha value is -0.430. The molecule has 0 radical (unpaired) electrons. The normalized spacial score (nSPS) is 17.1. The summed E-state index contributed by atoms with van der Waals surface area (Å²) in [5, 5.41) is 3.23. The lowest BCUT2D eigenvalue weighted by Gasteiger charge is -2.29. The van der Waals surface area contributed by atoms with Crippen LogP contribution in [0.4, 0.5) is 10.1 Å². The third kappa shape index (κ3) is 2.14. The number of rotatable bonds is 1. The number of anilines is 1. The van der Waals surface area contributed by atoms with Crippen LogP contribution in [0.3, 0.4) is 0 Å². The second-order valence-corrected chi connectivity index (χ2v) is 4.29. The summed E-state index contributed by atoms with van der Waals surface area (Å²) in [5.74, 6) is -0.362. The number of pyridine rings is 1. The topological polar surface area (TPSA) is 28.2 Å². The molecule has 14 heavy (non-hydrogen) atoms. The average Bonchev–Trinajstić information content (AvgIpc) is 2.19. The summed E-state index contributed by atoms with van der Waals surface area (Å²) in [6.45, 7) is 3.51. The van der Waals surface area contributed by atoms with Crippen molar-refractivity contribution in [1.82, 2.24) is 10.3 Å². The second kappa shape index (κ2) is 4.39. The molecule has 0 bridgehead atoms. The number of hydrogen-bond acceptors (Lipinski definition) is 3. The Morgan fingerprint density at radius 3 is 2.71 bits per heavy atom. The molecule has 2 heterocycles. The molecule has 1 saturated heterocycles. The van der Waals surface area contributed by atoms with Crippen LogP contribution in [0.5, 0.6) is 0 Å². The van der Waals surface area contributed by atoms with Crippen molar-refractivity contribution in [2.75, 3.05) is 31.1 Å². The van der Waals surface area contributed by atoms with Crippen LogP contribution >= 0.6 is 22.6 Å². The highest BCUT2D eigenvalue weighted by Gasteiger charge is 2.14. The molecule has 0 aromatic carbocycles. The quantitative estimate of drug-likeness (QED) is 0.625. The van der Waals surface area contributed by atoms with Crippen molar-refractivity contribution in [3.05, 3.63) is 21.8 Å². The summed E-state index contributed by atoms with van der Waals surface area (Å²) in [6, 6.07) is 3.64. The zero-order valence-corrected chi connectivity index (χ0v) is 9.79. The van der Waals surface area contributed by atoms with E-state index in [0.717, 1.165) is 26.2 Å². The lowest BCUT2D eigenvalue weighted by Crippen LogP contribution is -2.44. The lowest BCUT2D eigenvalue weighted by atomic mass is 10.3. The van der Waals surface area contributed by atoms with Crippen molar-refractivity contribution >= 4 is 28.3 Å². The van der Waals surface area contributed by atoms with Gasteiger partial charge in [-0.05, 0) is 34.7 Å². The molecule has 1 aliphatic rings. The van der Waals surface area contributed by atoms with Crippen molar-refractivity contribution in [2.24, 2.45) is 0 Å². The van der Waals surface area contributed by atoms with Crippen LogP contribution < -0.4 is 10.2 Å². The fourth-order valence-corrected chi connectivity index (χ4v) is 1.94. The molecule has 0 amide bonds. The van der Waals surface area contributed by atoms with Gasteiger partial charge in [-0.2, -0.15) is 4.39 Å². The largest absolute Gasteiger partial charge is 0.365 e. The van der Waals surface area contributed by atoms with Gasteiger partial charge in [0.05, 0.1) is 5.69 Å². The molecule has 0 aliphatic carbocycles. The molecule has 5 heteroatoms. The monoisotopic (exact) mass is 307 g/mol. The van der Waals surface area contributed by atoms with E-state index in [0.29, 0.717) is 9.39 Å². The molecule has 0 saturated carbocycles. The Balaban J connectivity index is 2.22.